The van der Waals surface area contributed by atoms with Crippen molar-refractivity contribution in [3.63, 3.8) is 0 Å². The Hall–Kier alpha value is -3.59. The van der Waals surface area contributed by atoms with Gasteiger partial charge in [0, 0.05) is 44.1 Å². The van der Waals surface area contributed by atoms with Crippen LogP contribution in [-0.4, -0.2) is 73.0 Å². The second-order valence-electron chi connectivity index (χ2n) is 9.43. The molecule has 9 heteroatoms. The van der Waals surface area contributed by atoms with Crippen molar-refractivity contribution in [2.45, 2.75) is 31.3 Å². The van der Waals surface area contributed by atoms with Crippen molar-refractivity contribution < 1.29 is 28.6 Å². The van der Waals surface area contributed by atoms with Crippen LogP contribution in [0.4, 0.5) is 0 Å². The number of ether oxygens (including phenoxy) is 3. The molecular formula is C26H27N3O6. The summed E-state index contributed by atoms with van der Waals surface area (Å²) in [4.78, 5) is 40.3. The SMILES string of the molecule is O=C1CCC(N2Cc3cc(OCCN4CC(c5ccc6c(c5)OCCO6)C4)ccc3C2=O)C(=O)N1. The Morgan fingerprint density at radius 1 is 1.00 bits per heavy atom. The zero-order valence-electron chi connectivity index (χ0n) is 19.3. The number of nitrogens with zero attached hydrogens (tertiary/aromatic N) is 2. The van der Waals surface area contributed by atoms with Crippen LogP contribution in [0.25, 0.3) is 0 Å². The van der Waals surface area contributed by atoms with E-state index < -0.39 is 11.9 Å². The molecule has 4 aliphatic heterocycles. The van der Waals surface area contributed by atoms with Crippen molar-refractivity contribution in [1.82, 2.24) is 15.1 Å². The molecule has 35 heavy (non-hydrogen) atoms. The summed E-state index contributed by atoms with van der Waals surface area (Å²) in [7, 11) is 0. The van der Waals surface area contributed by atoms with Gasteiger partial charge >= 0.3 is 0 Å². The van der Waals surface area contributed by atoms with Crippen LogP contribution in [0.2, 0.25) is 0 Å². The van der Waals surface area contributed by atoms with Crippen molar-refractivity contribution in [1.29, 1.82) is 0 Å². The standard InChI is InChI=1S/C26H27N3O6/c30-24-6-4-21(25(31)27-24)29-15-17-11-19(2-3-20(17)26(29)32)33-8-7-28-13-18(14-28)16-1-5-22-23(12-16)35-10-9-34-22/h1-3,5,11-12,18,21H,4,6-10,13-15H2,(H,27,30,31). The maximum Gasteiger partial charge on any atom is 0.255 e. The van der Waals surface area contributed by atoms with Crippen LogP contribution < -0.4 is 19.5 Å². The van der Waals surface area contributed by atoms with Crippen molar-refractivity contribution in [3.05, 3.63) is 53.1 Å². The maximum absolute atomic E-state index is 12.8. The third-order valence-corrected chi connectivity index (χ3v) is 7.17. The van der Waals surface area contributed by atoms with Gasteiger partial charge in [-0.15, -0.1) is 0 Å². The molecule has 1 atom stereocenters. The molecule has 0 saturated carbocycles. The number of hydrogen-bond donors (Lipinski definition) is 1. The molecule has 4 heterocycles. The van der Waals surface area contributed by atoms with Crippen LogP contribution in [0, 0.1) is 0 Å². The largest absolute Gasteiger partial charge is 0.492 e. The quantitative estimate of drug-likeness (QED) is 0.633. The highest BCUT2D eigenvalue weighted by Gasteiger charge is 2.39. The molecule has 182 valence electrons. The highest BCUT2D eigenvalue weighted by atomic mass is 16.6. The van der Waals surface area contributed by atoms with Gasteiger partial charge < -0.3 is 19.1 Å². The predicted molar refractivity (Wildman–Crippen MR) is 125 cm³/mol. The lowest BCUT2D eigenvalue weighted by molar-refractivity contribution is -0.136. The number of carbonyl (C=O) groups is 3. The topological polar surface area (TPSA) is 97.4 Å². The minimum absolute atomic E-state index is 0.174. The molecule has 9 nitrogen and oxygen atoms in total. The van der Waals surface area contributed by atoms with Crippen LogP contribution >= 0.6 is 0 Å². The van der Waals surface area contributed by atoms with E-state index in [-0.39, 0.29) is 18.2 Å². The number of hydrogen-bond acceptors (Lipinski definition) is 7. The summed E-state index contributed by atoms with van der Waals surface area (Å²) in [6, 6.07) is 11.1. The van der Waals surface area contributed by atoms with E-state index in [2.05, 4.69) is 22.3 Å². The van der Waals surface area contributed by atoms with Gasteiger partial charge in [-0.1, -0.05) is 6.07 Å². The van der Waals surface area contributed by atoms with Gasteiger partial charge in [0.15, 0.2) is 11.5 Å². The Bertz CT molecular complexity index is 1190. The fourth-order valence-corrected chi connectivity index (χ4v) is 5.21. The van der Waals surface area contributed by atoms with E-state index in [1.165, 1.54) is 5.56 Å². The summed E-state index contributed by atoms with van der Waals surface area (Å²) >= 11 is 0. The maximum atomic E-state index is 12.8. The number of rotatable bonds is 6. The summed E-state index contributed by atoms with van der Waals surface area (Å²) in [5.74, 6) is 1.99. The molecule has 1 N–H and O–H groups in total. The number of amides is 3. The first-order valence-corrected chi connectivity index (χ1v) is 12.1. The minimum atomic E-state index is -0.606. The van der Waals surface area contributed by atoms with Gasteiger partial charge in [-0.05, 0) is 47.9 Å². The van der Waals surface area contributed by atoms with Crippen LogP contribution in [0.15, 0.2) is 36.4 Å². The van der Waals surface area contributed by atoms with Crippen molar-refractivity contribution in [3.8, 4) is 17.2 Å². The lowest BCUT2D eigenvalue weighted by Gasteiger charge is -2.39. The van der Waals surface area contributed by atoms with Crippen LogP contribution in [0.5, 0.6) is 17.2 Å². The first kappa shape index (κ1) is 21.9. The Balaban J connectivity index is 0.996. The zero-order chi connectivity index (χ0) is 23.9. The fourth-order valence-electron chi connectivity index (χ4n) is 5.21. The number of nitrogens with one attached hydrogen (secondary N) is 1. The summed E-state index contributed by atoms with van der Waals surface area (Å²) in [5.41, 5.74) is 2.71. The van der Waals surface area contributed by atoms with E-state index in [1.54, 1.807) is 17.0 Å². The third kappa shape index (κ3) is 4.20. The molecule has 3 amide bonds. The Morgan fingerprint density at radius 2 is 1.83 bits per heavy atom. The normalized spacial score (nSPS) is 22.0. The Labute approximate surface area is 202 Å². The second-order valence-corrected chi connectivity index (χ2v) is 9.43. The predicted octanol–water partition coefficient (Wildman–Crippen LogP) is 1.70. The lowest BCUT2D eigenvalue weighted by Crippen LogP contribution is -2.52. The van der Waals surface area contributed by atoms with Gasteiger partial charge in [-0.3, -0.25) is 24.6 Å². The van der Waals surface area contributed by atoms with Gasteiger partial charge in [-0.2, -0.15) is 0 Å². The van der Waals surface area contributed by atoms with Crippen LogP contribution in [0.1, 0.15) is 40.2 Å². The molecule has 2 aromatic rings. The highest BCUT2D eigenvalue weighted by molar-refractivity contribution is 6.05. The van der Waals surface area contributed by atoms with Crippen molar-refractivity contribution in [2.75, 3.05) is 39.5 Å². The lowest BCUT2D eigenvalue weighted by atomic mass is 9.91. The number of benzene rings is 2. The first-order chi connectivity index (χ1) is 17.0. The van der Waals surface area contributed by atoms with Gasteiger partial charge in [0.2, 0.25) is 11.8 Å². The molecule has 0 radical (unpaired) electrons. The first-order valence-electron chi connectivity index (χ1n) is 12.1. The molecule has 2 fully saturated rings. The molecular weight excluding hydrogens is 450 g/mol. The van der Waals surface area contributed by atoms with E-state index >= 15 is 0 Å². The van der Waals surface area contributed by atoms with E-state index in [0.717, 1.165) is 36.7 Å². The van der Waals surface area contributed by atoms with Gasteiger partial charge in [0.05, 0.1) is 0 Å². The third-order valence-electron chi connectivity index (χ3n) is 7.17. The summed E-state index contributed by atoms with van der Waals surface area (Å²) in [6.07, 6.45) is 0.605. The number of piperidine rings is 1. The Kier molecular flexibility index (Phi) is 5.56. The summed E-state index contributed by atoms with van der Waals surface area (Å²) < 4.78 is 17.3. The number of carbonyl (C=O) groups excluding carboxylic acids is 3. The summed E-state index contributed by atoms with van der Waals surface area (Å²) in [6.45, 7) is 4.86. The number of fused-ring (bicyclic) bond motifs is 2. The molecule has 2 aromatic carbocycles. The Morgan fingerprint density at radius 3 is 2.66 bits per heavy atom. The molecule has 0 aliphatic carbocycles. The molecule has 6 rings (SSSR count). The minimum Gasteiger partial charge on any atom is -0.492 e. The number of likely N-dealkylation sites (tertiary alicyclic amines) is 1. The fraction of sp³-hybridized carbons (Fsp3) is 0.423. The van der Waals surface area contributed by atoms with E-state index in [4.69, 9.17) is 14.2 Å². The zero-order valence-corrected chi connectivity index (χ0v) is 19.3. The molecule has 2 saturated heterocycles. The highest BCUT2D eigenvalue weighted by Crippen LogP contribution is 2.36. The van der Waals surface area contributed by atoms with E-state index in [9.17, 15) is 14.4 Å². The van der Waals surface area contributed by atoms with E-state index in [0.29, 0.717) is 50.0 Å². The average Bonchev–Trinajstić information content (AvgIpc) is 3.15. The number of imide groups is 1. The van der Waals surface area contributed by atoms with Gasteiger partial charge in [-0.25, -0.2) is 0 Å². The van der Waals surface area contributed by atoms with Crippen molar-refractivity contribution in [2.24, 2.45) is 0 Å². The molecule has 4 aliphatic rings. The second kappa shape index (κ2) is 8.88. The smallest absolute Gasteiger partial charge is 0.255 e. The van der Waals surface area contributed by atoms with Crippen LogP contribution in [-0.2, 0) is 16.1 Å². The van der Waals surface area contributed by atoms with Gasteiger partial charge in [0.25, 0.3) is 5.91 Å². The molecule has 0 aromatic heterocycles. The van der Waals surface area contributed by atoms with Crippen LogP contribution in [0.3, 0.4) is 0 Å². The average molecular weight is 478 g/mol. The monoisotopic (exact) mass is 477 g/mol. The molecule has 1 unspecified atom stereocenters. The van der Waals surface area contributed by atoms with Gasteiger partial charge in [0.1, 0.15) is 31.6 Å². The molecule has 0 bridgehead atoms. The summed E-state index contributed by atoms with van der Waals surface area (Å²) in [5, 5.41) is 2.33. The molecule has 0 spiro atoms. The van der Waals surface area contributed by atoms with Crippen molar-refractivity contribution >= 4 is 17.7 Å². The van der Waals surface area contributed by atoms with E-state index in [1.807, 2.05) is 12.1 Å².